The van der Waals surface area contributed by atoms with Crippen LogP contribution in [0.3, 0.4) is 0 Å². The summed E-state index contributed by atoms with van der Waals surface area (Å²) < 4.78 is 22.0. The zero-order valence-electron chi connectivity index (χ0n) is 15.9. The van der Waals surface area contributed by atoms with Gasteiger partial charge in [0.1, 0.15) is 0 Å². The Morgan fingerprint density at radius 2 is 1.85 bits per heavy atom. The topological polar surface area (TPSA) is 88.1 Å². The molecular weight excluding hydrogens is 423 g/mol. The van der Waals surface area contributed by atoms with Crippen molar-refractivity contribution >= 4 is 33.1 Å². The van der Waals surface area contributed by atoms with E-state index in [1.807, 2.05) is 6.92 Å². The van der Waals surface area contributed by atoms with Crippen LogP contribution in [0.2, 0.25) is 0 Å². The SMILES string of the molecule is CCCn1c(=O)c2c(nc(Br)n2COC(=O)C(C)(C)C)n(CCCF)c1=O. The Morgan fingerprint density at radius 1 is 1.19 bits per heavy atom. The van der Waals surface area contributed by atoms with Crippen LogP contribution >= 0.6 is 15.9 Å². The number of carbonyl (C=O) groups is 1. The molecule has 0 N–H and O–H groups in total. The quantitative estimate of drug-likeness (QED) is 0.481. The monoisotopic (exact) mass is 446 g/mol. The van der Waals surface area contributed by atoms with Crippen molar-refractivity contribution in [3.05, 3.63) is 25.6 Å². The third-order valence-corrected chi connectivity index (χ3v) is 4.57. The molecule has 2 aromatic rings. The van der Waals surface area contributed by atoms with Crippen LogP contribution in [0, 0.1) is 5.41 Å². The largest absolute Gasteiger partial charge is 0.443 e. The summed E-state index contributed by atoms with van der Waals surface area (Å²) in [7, 11) is 0. The molecule has 2 rings (SSSR count). The Morgan fingerprint density at radius 3 is 2.41 bits per heavy atom. The van der Waals surface area contributed by atoms with Gasteiger partial charge in [-0.3, -0.25) is 27.7 Å². The molecule has 27 heavy (non-hydrogen) atoms. The average Bonchev–Trinajstić information content (AvgIpc) is 2.92. The van der Waals surface area contributed by atoms with Gasteiger partial charge in [0.15, 0.2) is 22.6 Å². The molecule has 0 radical (unpaired) electrons. The van der Waals surface area contributed by atoms with Crippen molar-refractivity contribution in [2.45, 2.75) is 60.4 Å². The maximum absolute atomic E-state index is 12.9. The van der Waals surface area contributed by atoms with Crippen molar-refractivity contribution in [1.29, 1.82) is 0 Å². The Kier molecular flexibility index (Phi) is 6.61. The van der Waals surface area contributed by atoms with E-state index in [1.54, 1.807) is 20.8 Å². The smallest absolute Gasteiger partial charge is 0.332 e. The molecule has 0 aliphatic rings. The molecule has 10 heteroatoms. The lowest BCUT2D eigenvalue weighted by atomic mass is 9.98. The van der Waals surface area contributed by atoms with E-state index in [2.05, 4.69) is 20.9 Å². The minimum atomic E-state index is -0.700. The number of halogens is 2. The van der Waals surface area contributed by atoms with Crippen LogP contribution in [-0.4, -0.2) is 31.3 Å². The summed E-state index contributed by atoms with van der Waals surface area (Å²) in [4.78, 5) is 41.9. The summed E-state index contributed by atoms with van der Waals surface area (Å²) in [6, 6.07) is 0. The van der Waals surface area contributed by atoms with E-state index in [0.29, 0.717) is 6.42 Å². The van der Waals surface area contributed by atoms with E-state index in [1.165, 1.54) is 9.13 Å². The number of imidazole rings is 1. The third kappa shape index (κ3) is 4.31. The van der Waals surface area contributed by atoms with Gasteiger partial charge in [0, 0.05) is 13.1 Å². The van der Waals surface area contributed by atoms with Crippen molar-refractivity contribution in [2.75, 3.05) is 6.67 Å². The highest BCUT2D eigenvalue weighted by molar-refractivity contribution is 9.10. The predicted octanol–water partition coefficient (Wildman–Crippen LogP) is 2.44. The minimum absolute atomic E-state index is 0.0983. The molecule has 0 aliphatic heterocycles. The van der Waals surface area contributed by atoms with Crippen molar-refractivity contribution in [1.82, 2.24) is 18.7 Å². The van der Waals surface area contributed by atoms with Crippen LogP contribution < -0.4 is 11.2 Å². The van der Waals surface area contributed by atoms with Crippen LogP contribution in [0.15, 0.2) is 14.3 Å². The Bertz CT molecular complexity index is 955. The molecule has 0 saturated heterocycles. The molecule has 0 aromatic carbocycles. The van der Waals surface area contributed by atoms with E-state index in [-0.39, 0.29) is 42.1 Å². The van der Waals surface area contributed by atoms with Gasteiger partial charge in [0.2, 0.25) is 0 Å². The first-order chi connectivity index (χ1) is 12.6. The first kappa shape index (κ1) is 21.3. The summed E-state index contributed by atoms with van der Waals surface area (Å²) in [5.74, 6) is -0.434. The summed E-state index contributed by atoms with van der Waals surface area (Å²) >= 11 is 3.26. The number of hydrogen-bond donors (Lipinski definition) is 0. The van der Waals surface area contributed by atoms with Gasteiger partial charge >= 0.3 is 11.7 Å². The van der Waals surface area contributed by atoms with Crippen molar-refractivity contribution in [3.63, 3.8) is 0 Å². The van der Waals surface area contributed by atoms with Gasteiger partial charge in [-0.15, -0.1) is 0 Å². The van der Waals surface area contributed by atoms with Crippen molar-refractivity contribution in [3.8, 4) is 0 Å². The molecule has 0 atom stereocenters. The van der Waals surface area contributed by atoms with Crippen LogP contribution in [-0.2, 0) is 29.4 Å². The molecule has 2 aromatic heterocycles. The first-order valence-corrected chi connectivity index (χ1v) is 9.55. The standard InChI is InChI=1S/C17H24BrFN4O4/c1-5-8-22-13(24)11-12(21(16(22)26)9-6-7-19)20-15(18)23(11)10-27-14(25)17(2,3)4/h5-10H2,1-4H3. The fourth-order valence-corrected chi connectivity index (χ4v) is 3.01. The number of nitrogens with zero attached hydrogens (tertiary/aromatic N) is 4. The lowest BCUT2D eigenvalue weighted by Gasteiger charge is -2.17. The predicted molar refractivity (Wildman–Crippen MR) is 102 cm³/mol. The van der Waals surface area contributed by atoms with Crippen LogP contribution in [0.5, 0.6) is 0 Å². The van der Waals surface area contributed by atoms with Crippen molar-refractivity contribution in [2.24, 2.45) is 5.41 Å². The van der Waals surface area contributed by atoms with E-state index in [4.69, 9.17) is 4.74 Å². The maximum atomic E-state index is 12.9. The van der Waals surface area contributed by atoms with Gasteiger partial charge < -0.3 is 4.74 Å². The highest BCUT2D eigenvalue weighted by Gasteiger charge is 2.25. The summed E-state index contributed by atoms with van der Waals surface area (Å²) in [6.07, 6.45) is 0.709. The molecule has 0 amide bonds. The second-order valence-electron chi connectivity index (χ2n) is 7.23. The molecule has 0 saturated carbocycles. The first-order valence-electron chi connectivity index (χ1n) is 8.76. The average molecular weight is 447 g/mol. The van der Waals surface area contributed by atoms with E-state index in [9.17, 15) is 18.8 Å². The van der Waals surface area contributed by atoms with Gasteiger partial charge in [0.05, 0.1) is 12.1 Å². The number of fused-ring (bicyclic) bond motifs is 1. The van der Waals surface area contributed by atoms with Gasteiger partial charge in [-0.25, -0.2) is 9.78 Å². The third-order valence-electron chi connectivity index (χ3n) is 3.97. The zero-order chi connectivity index (χ0) is 20.4. The number of rotatable bonds is 7. The lowest BCUT2D eigenvalue weighted by molar-refractivity contribution is -0.156. The molecule has 150 valence electrons. The number of carbonyl (C=O) groups excluding carboxylic acids is 1. The fourth-order valence-electron chi connectivity index (χ4n) is 2.56. The number of hydrogen-bond acceptors (Lipinski definition) is 5. The normalized spacial score (nSPS) is 11.9. The Balaban J connectivity index is 2.64. The maximum Gasteiger partial charge on any atom is 0.332 e. The van der Waals surface area contributed by atoms with Crippen LogP contribution in [0.4, 0.5) is 4.39 Å². The highest BCUT2D eigenvalue weighted by atomic mass is 79.9. The number of ether oxygens (including phenoxy) is 1. The molecule has 0 bridgehead atoms. The van der Waals surface area contributed by atoms with Gasteiger partial charge in [-0.2, -0.15) is 0 Å². The van der Waals surface area contributed by atoms with E-state index in [0.717, 1.165) is 4.57 Å². The van der Waals surface area contributed by atoms with Crippen LogP contribution in [0.25, 0.3) is 11.2 Å². The lowest BCUT2D eigenvalue weighted by Crippen LogP contribution is -2.40. The van der Waals surface area contributed by atoms with Gasteiger partial charge in [0.25, 0.3) is 5.56 Å². The molecule has 0 aliphatic carbocycles. The minimum Gasteiger partial charge on any atom is -0.443 e. The second-order valence-corrected chi connectivity index (χ2v) is 7.93. The summed E-state index contributed by atoms with van der Waals surface area (Å²) in [5.41, 5.74) is -1.46. The summed E-state index contributed by atoms with van der Waals surface area (Å²) in [5, 5.41) is 0. The van der Waals surface area contributed by atoms with E-state index >= 15 is 0 Å². The van der Waals surface area contributed by atoms with E-state index < -0.39 is 29.3 Å². The molecule has 0 fully saturated rings. The molecule has 8 nitrogen and oxygen atoms in total. The molecule has 0 unspecified atom stereocenters. The second kappa shape index (κ2) is 8.37. The number of aryl methyl sites for hydroxylation is 1. The zero-order valence-corrected chi connectivity index (χ0v) is 17.5. The molecule has 2 heterocycles. The summed E-state index contributed by atoms with van der Waals surface area (Å²) in [6.45, 7) is 6.52. The molecular formula is C17H24BrFN4O4. The van der Waals surface area contributed by atoms with Crippen molar-refractivity contribution < 1.29 is 13.9 Å². The molecule has 0 spiro atoms. The van der Waals surface area contributed by atoms with Gasteiger partial charge in [-0.1, -0.05) is 6.92 Å². The number of aromatic nitrogens is 4. The fraction of sp³-hybridized carbons (Fsp3) is 0.647. The van der Waals surface area contributed by atoms with Crippen LogP contribution in [0.1, 0.15) is 40.5 Å². The Labute approximate surface area is 164 Å². The van der Waals surface area contributed by atoms with Gasteiger partial charge in [-0.05, 0) is 49.5 Å². The Hall–Kier alpha value is -1.97. The number of alkyl halides is 1. The highest BCUT2D eigenvalue weighted by Crippen LogP contribution is 2.20. The number of esters is 1.